The van der Waals surface area contributed by atoms with E-state index in [0.29, 0.717) is 12.2 Å². The van der Waals surface area contributed by atoms with Gasteiger partial charge in [-0.1, -0.05) is 6.92 Å². The third-order valence-electron chi connectivity index (χ3n) is 3.49. The number of hydrogen-bond acceptors (Lipinski definition) is 4. The topological polar surface area (TPSA) is 63.5 Å². The molecule has 0 aromatic heterocycles. The van der Waals surface area contributed by atoms with Crippen LogP contribution in [-0.2, 0) is 0 Å². The average molecular weight is 248 g/mol. The molecule has 0 saturated carbocycles. The molecule has 0 bridgehead atoms. The van der Waals surface area contributed by atoms with Crippen molar-refractivity contribution in [3.05, 3.63) is 33.9 Å². The summed E-state index contributed by atoms with van der Waals surface area (Å²) in [6.45, 7) is 4.05. The van der Waals surface area contributed by atoms with E-state index < -0.39 is 4.92 Å². The van der Waals surface area contributed by atoms with Crippen molar-refractivity contribution in [1.82, 2.24) is 0 Å². The van der Waals surface area contributed by atoms with Crippen molar-refractivity contribution in [1.29, 1.82) is 0 Å². The molecule has 1 saturated heterocycles. The number of anilines is 1. The Kier molecular flexibility index (Phi) is 3.60. The minimum Gasteiger partial charge on any atom is -0.371 e. The second kappa shape index (κ2) is 5.16. The lowest BCUT2D eigenvalue weighted by atomic mass is 9.98. The van der Waals surface area contributed by atoms with E-state index in [1.54, 1.807) is 6.07 Å². The molecule has 1 aromatic rings. The number of benzene rings is 1. The maximum absolute atomic E-state index is 10.9. The van der Waals surface area contributed by atoms with Crippen molar-refractivity contribution in [3.8, 4) is 0 Å². The van der Waals surface area contributed by atoms with Crippen molar-refractivity contribution in [2.75, 3.05) is 18.0 Å². The zero-order valence-electron chi connectivity index (χ0n) is 10.3. The lowest BCUT2D eigenvalue weighted by Crippen LogP contribution is -2.32. The van der Waals surface area contributed by atoms with Crippen LogP contribution in [0.3, 0.4) is 0 Å². The van der Waals surface area contributed by atoms with E-state index in [9.17, 15) is 14.9 Å². The first kappa shape index (κ1) is 12.5. The molecule has 2 rings (SSSR count). The van der Waals surface area contributed by atoms with E-state index in [1.165, 1.54) is 12.1 Å². The highest BCUT2D eigenvalue weighted by atomic mass is 16.6. The van der Waals surface area contributed by atoms with Gasteiger partial charge in [0.05, 0.1) is 10.5 Å². The lowest BCUT2D eigenvalue weighted by Gasteiger charge is -2.32. The Labute approximate surface area is 106 Å². The molecule has 0 radical (unpaired) electrons. The predicted octanol–water partition coefficient (Wildman–Crippen LogP) is 2.64. The van der Waals surface area contributed by atoms with Crippen LogP contribution in [0.2, 0.25) is 0 Å². The number of carbonyl (C=O) groups excluding carboxylic acids is 1. The Morgan fingerprint density at radius 3 is 2.61 bits per heavy atom. The monoisotopic (exact) mass is 248 g/mol. The molecule has 1 fully saturated rings. The summed E-state index contributed by atoms with van der Waals surface area (Å²) in [5.41, 5.74) is 0.856. The van der Waals surface area contributed by atoms with E-state index in [2.05, 4.69) is 11.8 Å². The molecular weight excluding hydrogens is 232 g/mol. The maximum atomic E-state index is 10.9. The van der Waals surface area contributed by atoms with Gasteiger partial charge in [0.15, 0.2) is 6.29 Å². The van der Waals surface area contributed by atoms with Crippen molar-refractivity contribution in [2.45, 2.75) is 19.8 Å². The van der Waals surface area contributed by atoms with Crippen LogP contribution in [-0.4, -0.2) is 24.3 Å². The van der Waals surface area contributed by atoms with Gasteiger partial charge in [0, 0.05) is 24.8 Å². The number of hydrogen-bond donors (Lipinski definition) is 0. The summed E-state index contributed by atoms with van der Waals surface area (Å²) in [4.78, 5) is 23.3. The van der Waals surface area contributed by atoms with Crippen LogP contribution in [0.4, 0.5) is 11.4 Å². The van der Waals surface area contributed by atoms with Gasteiger partial charge in [0.25, 0.3) is 5.69 Å². The normalized spacial score (nSPS) is 16.6. The molecular formula is C13H16N2O3. The number of rotatable bonds is 3. The molecule has 0 amide bonds. The second-order valence-electron chi connectivity index (χ2n) is 4.79. The second-order valence-corrected chi connectivity index (χ2v) is 4.79. The minimum atomic E-state index is -0.500. The van der Waals surface area contributed by atoms with Crippen molar-refractivity contribution in [2.24, 2.45) is 5.92 Å². The van der Waals surface area contributed by atoms with Gasteiger partial charge in [0.2, 0.25) is 0 Å². The number of nitro groups is 1. The summed E-state index contributed by atoms with van der Waals surface area (Å²) in [6, 6.07) is 4.81. The molecule has 1 heterocycles. The van der Waals surface area contributed by atoms with Crippen molar-refractivity contribution < 1.29 is 9.72 Å². The smallest absolute Gasteiger partial charge is 0.281 e. The molecule has 1 aliphatic heterocycles. The fraction of sp³-hybridized carbons (Fsp3) is 0.462. The van der Waals surface area contributed by atoms with Crippen LogP contribution in [0.5, 0.6) is 0 Å². The van der Waals surface area contributed by atoms with Gasteiger partial charge < -0.3 is 4.90 Å². The molecule has 0 atom stereocenters. The van der Waals surface area contributed by atoms with E-state index in [1.807, 2.05) is 0 Å². The Bertz CT molecular complexity index is 465. The van der Waals surface area contributed by atoms with E-state index in [0.717, 1.165) is 31.6 Å². The number of nitrogens with zero attached hydrogens (tertiary/aromatic N) is 2. The number of carbonyl (C=O) groups is 1. The van der Waals surface area contributed by atoms with Crippen LogP contribution in [0.1, 0.15) is 30.1 Å². The molecule has 0 unspecified atom stereocenters. The maximum Gasteiger partial charge on any atom is 0.281 e. The van der Waals surface area contributed by atoms with Crippen molar-refractivity contribution in [3.63, 3.8) is 0 Å². The average Bonchev–Trinajstić information content (AvgIpc) is 2.39. The zero-order chi connectivity index (χ0) is 13.1. The Morgan fingerprint density at radius 2 is 2.06 bits per heavy atom. The highest BCUT2D eigenvalue weighted by molar-refractivity contribution is 5.83. The Morgan fingerprint density at radius 1 is 1.39 bits per heavy atom. The van der Waals surface area contributed by atoms with E-state index in [4.69, 9.17) is 0 Å². The molecule has 0 N–H and O–H groups in total. The summed E-state index contributed by atoms with van der Waals surface area (Å²) in [6.07, 6.45) is 2.73. The first-order valence-corrected chi connectivity index (χ1v) is 6.10. The van der Waals surface area contributed by atoms with Gasteiger partial charge in [0.1, 0.15) is 0 Å². The van der Waals surface area contributed by atoms with Crippen LogP contribution in [0, 0.1) is 16.0 Å². The molecule has 5 nitrogen and oxygen atoms in total. The molecule has 5 heteroatoms. The van der Waals surface area contributed by atoms with Gasteiger partial charge in [-0.05, 0) is 30.9 Å². The molecule has 1 aromatic carbocycles. The fourth-order valence-electron chi connectivity index (χ4n) is 2.25. The fourth-order valence-corrected chi connectivity index (χ4v) is 2.25. The molecule has 0 spiro atoms. The lowest BCUT2D eigenvalue weighted by molar-refractivity contribution is -0.385. The van der Waals surface area contributed by atoms with E-state index in [-0.39, 0.29) is 11.3 Å². The minimum absolute atomic E-state index is 0.110. The van der Waals surface area contributed by atoms with E-state index >= 15 is 0 Å². The first-order valence-electron chi connectivity index (χ1n) is 6.10. The molecule has 0 aliphatic carbocycles. The first-order chi connectivity index (χ1) is 8.61. The Balaban J connectivity index is 2.26. The quantitative estimate of drug-likeness (QED) is 0.468. The molecule has 18 heavy (non-hydrogen) atoms. The number of piperidine rings is 1. The van der Waals surface area contributed by atoms with Crippen molar-refractivity contribution >= 4 is 17.7 Å². The summed E-state index contributed by atoms with van der Waals surface area (Å²) >= 11 is 0. The van der Waals surface area contributed by atoms with Crippen LogP contribution >= 0.6 is 0 Å². The van der Waals surface area contributed by atoms with Gasteiger partial charge in [-0.25, -0.2) is 0 Å². The summed E-state index contributed by atoms with van der Waals surface area (Å²) < 4.78 is 0. The zero-order valence-corrected chi connectivity index (χ0v) is 10.3. The largest absolute Gasteiger partial charge is 0.371 e. The van der Waals surface area contributed by atoms with Crippen LogP contribution in [0.15, 0.2) is 18.2 Å². The predicted molar refractivity (Wildman–Crippen MR) is 69.1 cm³/mol. The third kappa shape index (κ3) is 2.50. The summed E-state index contributed by atoms with van der Waals surface area (Å²) in [5, 5.41) is 10.9. The van der Waals surface area contributed by atoms with Crippen LogP contribution < -0.4 is 4.90 Å². The summed E-state index contributed by atoms with van der Waals surface area (Å²) in [7, 11) is 0. The standard InChI is InChI=1S/C13H16N2O3/c1-10-4-6-14(7-5-10)12-3-2-11(9-16)13(8-12)15(17)18/h2-3,8-10H,4-7H2,1H3. The highest BCUT2D eigenvalue weighted by Crippen LogP contribution is 2.28. The molecule has 1 aliphatic rings. The Hall–Kier alpha value is -1.91. The van der Waals surface area contributed by atoms with Gasteiger partial charge in [-0.3, -0.25) is 14.9 Å². The summed E-state index contributed by atoms with van der Waals surface area (Å²) in [5.74, 6) is 0.713. The highest BCUT2D eigenvalue weighted by Gasteiger charge is 2.20. The van der Waals surface area contributed by atoms with Gasteiger partial charge in [-0.2, -0.15) is 0 Å². The van der Waals surface area contributed by atoms with Gasteiger partial charge in [-0.15, -0.1) is 0 Å². The number of nitro benzene ring substituents is 1. The number of aldehydes is 1. The van der Waals surface area contributed by atoms with Gasteiger partial charge >= 0.3 is 0 Å². The van der Waals surface area contributed by atoms with Crippen LogP contribution in [0.25, 0.3) is 0 Å². The molecule has 96 valence electrons. The SMILES string of the molecule is CC1CCN(c2ccc(C=O)c([N+](=O)[O-])c2)CC1. The third-order valence-corrected chi connectivity index (χ3v) is 3.49.